The molecule has 0 unspecified atom stereocenters. The Hall–Kier alpha value is -1.88. The standard InChI is InChI=1S/C14H12F2N2S/c15-11-4-5-13(12(16)7-11)19-8-9-2-1-3-10(6-9)14(17)18/h1-7H,8H2,(H3,17,18). The summed E-state index contributed by atoms with van der Waals surface area (Å²) < 4.78 is 26.2. The van der Waals surface area contributed by atoms with Gasteiger partial charge in [-0.1, -0.05) is 18.2 Å². The molecule has 98 valence electrons. The van der Waals surface area contributed by atoms with E-state index in [1.54, 1.807) is 18.2 Å². The van der Waals surface area contributed by atoms with Gasteiger partial charge in [0, 0.05) is 22.3 Å². The van der Waals surface area contributed by atoms with Crippen LogP contribution in [0.2, 0.25) is 0 Å². The molecule has 0 bridgehead atoms. The maximum absolute atomic E-state index is 13.4. The molecule has 0 spiro atoms. The molecule has 2 aromatic rings. The summed E-state index contributed by atoms with van der Waals surface area (Å²) in [6.07, 6.45) is 0. The second kappa shape index (κ2) is 5.84. The number of nitrogens with two attached hydrogens (primary N) is 1. The van der Waals surface area contributed by atoms with Crippen molar-refractivity contribution >= 4 is 17.6 Å². The van der Waals surface area contributed by atoms with E-state index in [0.29, 0.717) is 16.2 Å². The third-order valence-corrected chi connectivity index (χ3v) is 3.65. The Morgan fingerprint density at radius 2 is 1.95 bits per heavy atom. The number of amidine groups is 1. The Kier molecular flexibility index (Phi) is 4.16. The van der Waals surface area contributed by atoms with E-state index in [0.717, 1.165) is 11.6 Å². The van der Waals surface area contributed by atoms with Crippen LogP contribution in [0, 0.1) is 17.0 Å². The highest BCUT2D eigenvalue weighted by molar-refractivity contribution is 7.98. The van der Waals surface area contributed by atoms with Crippen LogP contribution in [0.15, 0.2) is 47.4 Å². The fourth-order valence-electron chi connectivity index (χ4n) is 1.58. The van der Waals surface area contributed by atoms with Crippen LogP contribution in [-0.4, -0.2) is 5.84 Å². The smallest absolute Gasteiger partial charge is 0.139 e. The summed E-state index contributed by atoms with van der Waals surface area (Å²) in [5.41, 5.74) is 6.97. The van der Waals surface area contributed by atoms with Crippen molar-refractivity contribution < 1.29 is 8.78 Å². The summed E-state index contributed by atoms with van der Waals surface area (Å²) in [6.45, 7) is 0. The number of benzene rings is 2. The Morgan fingerprint density at radius 3 is 2.63 bits per heavy atom. The molecule has 0 atom stereocenters. The minimum absolute atomic E-state index is 0.000173. The fourth-order valence-corrected chi connectivity index (χ4v) is 2.44. The summed E-state index contributed by atoms with van der Waals surface area (Å²) >= 11 is 1.28. The molecule has 0 aliphatic heterocycles. The van der Waals surface area contributed by atoms with Gasteiger partial charge in [0.05, 0.1) is 0 Å². The van der Waals surface area contributed by atoms with Gasteiger partial charge in [-0.3, -0.25) is 5.41 Å². The van der Waals surface area contributed by atoms with E-state index in [-0.39, 0.29) is 5.84 Å². The SMILES string of the molecule is N=C(N)c1cccc(CSc2ccc(F)cc2F)c1. The molecule has 0 heterocycles. The molecule has 0 aliphatic carbocycles. The molecule has 2 aromatic carbocycles. The number of halogens is 2. The van der Waals surface area contributed by atoms with Gasteiger partial charge >= 0.3 is 0 Å². The van der Waals surface area contributed by atoms with Gasteiger partial charge in [-0.05, 0) is 23.8 Å². The zero-order chi connectivity index (χ0) is 13.8. The van der Waals surface area contributed by atoms with Gasteiger partial charge in [-0.15, -0.1) is 11.8 Å². The second-order valence-corrected chi connectivity index (χ2v) is 4.99. The number of hydrogen-bond donors (Lipinski definition) is 2. The highest BCUT2D eigenvalue weighted by atomic mass is 32.2. The first-order chi connectivity index (χ1) is 9.06. The van der Waals surface area contributed by atoms with Gasteiger partial charge in [-0.2, -0.15) is 0 Å². The van der Waals surface area contributed by atoms with Crippen LogP contribution < -0.4 is 5.73 Å². The lowest BCUT2D eigenvalue weighted by atomic mass is 10.1. The van der Waals surface area contributed by atoms with E-state index >= 15 is 0 Å². The molecular formula is C14H12F2N2S. The molecule has 19 heavy (non-hydrogen) atoms. The van der Waals surface area contributed by atoms with Crippen LogP contribution >= 0.6 is 11.8 Å². The first kappa shape index (κ1) is 13.5. The molecule has 5 heteroatoms. The summed E-state index contributed by atoms with van der Waals surface area (Å²) in [4.78, 5) is 0.398. The van der Waals surface area contributed by atoms with Crippen LogP contribution in [0.3, 0.4) is 0 Å². The minimum atomic E-state index is -0.583. The first-order valence-electron chi connectivity index (χ1n) is 5.57. The predicted octanol–water partition coefficient (Wildman–Crippen LogP) is 3.54. The molecule has 0 aromatic heterocycles. The minimum Gasteiger partial charge on any atom is -0.384 e. The van der Waals surface area contributed by atoms with Crippen LogP contribution in [0.5, 0.6) is 0 Å². The van der Waals surface area contributed by atoms with Crippen LogP contribution in [0.1, 0.15) is 11.1 Å². The molecular weight excluding hydrogens is 266 g/mol. The molecule has 3 N–H and O–H groups in total. The predicted molar refractivity (Wildman–Crippen MR) is 73.4 cm³/mol. The number of nitrogen functional groups attached to an aromatic ring is 1. The van der Waals surface area contributed by atoms with E-state index in [4.69, 9.17) is 11.1 Å². The third-order valence-electron chi connectivity index (χ3n) is 2.53. The summed E-state index contributed by atoms with van der Waals surface area (Å²) in [7, 11) is 0. The van der Waals surface area contributed by atoms with Crippen molar-refractivity contribution in [2.45, 2.75) is 10.6 Å². The molecule has 0 radical (unpaired) electrons. The van der Waals surface area contributed by atoms with E-state index in [1.165, 1.54) is 23.9 Å². The zero-order valence-electron chi connectivity index (χ0n) is 9.99. The second-order valence-electron chi connectivity index (χ2n) is 3.98. The van der Waals surface area contributed by atoms with Gasteiger partial charge in [0.25, 0.3) is 0 Å². The highest BCUT2D eigenvalue weighted by Crippen LogP contribution is 2.26. The lowest BCUT2D eigenvalue weighted by Gasteiger charge is -2.05. The topological polar surface area (TPSA) is 49.9 Å². The molecule has 0 aliphatic rings. The van der Waals surface area contributed by atoms with Crippen molar-refractivity contribution in [3.8, 4) is 0 Å². The third kappa shape index (κ3) is 3.54. The lowest BCUT2D eigenvalue weighted by Crippen LogP contribution is -2.10. The highest BCUT2D eigenvalue weighted by Gasteiger charge is 2.05. The van der Waals surface area contributed by atoms with Gasteiger partial charge in [0.15, 0.2) is 0 Å². The maximum Gasteiger partial charge on any atom is 0.139 e. The fraction of sp³-hybridized carbons (Fsp3) is 0.0714. The van der Waals surface area contributed by atoms with Crippen LogP contribution in [0.25, 0.3) is 0 Å². The van der Waals surface area contributed by atoms with Crippen molar-refractivity contribution in [2.75, 3.05) is 0 Å². The van der Waals surface area contributed by atoms with E-state index in [9.17, 15) is 8.78 Å². The van der Waals surface area contributed by atoms with E-state index in [1.807, 2.05) is 6.07 Å². The number of rotatable bonds is 4. The van der Waals surface area contributed by atoms with Crippen LogP contribution in [-0.2, 0) is 5.75 Å². The van der Waals surface area contributed by atoms with Gasteiger partial charge in [0.1, 0.15) is 17.5 Å². The average molecular weight is 278 g/mol. The summed E-state index contributed by atoms with van der Waals surface area (Å²) in [5, 5.41) is 7.36. The van der Waals surface area contributed by atoms with Gasteiger partial charge in [0.2, 0.25) is 0 Å². The number of thioether (sulfide) groups is 1. The zero-order valence-corrected chi connectivity index (χ0v) is 10.8. The van der Waals surface area contributed by atoms with Crippen molar-refractivity contribution in [1.82, 2.24) is 0 Å². The molecule has 0 saturated carbocycles. The largest absolute Gasteiger partial charge is 0.384 e. The van der Waals surface area contributed by atoms with Crippen molar-refractivity contribution in [3.05, 3.63) is 65.2 Å². The van der Waals surface area contributed by atoms with E-state index in [2.05, 4.69) is 0 Å². The Balaban J connectivity index is 2.10. The Bertz CT molecular complexity index is 614. The average Bonchev–Trinajstić information content (AvgIpc) is 2.38. The quantitative estimate of drug-likeness (QED) is 0.510. The van der Waals surface area contributed by atoms with Crippen molar-refractivity contribution in [3.63, 3.8) is 0 Å². The van der Waals surface area contributed by atoms with Gasteiger partial charge < -0.3 is 5.73 Å². The van der Waals surface area contributed by atoms with Crippen LogP contribution in [0.4, 0.5) is 8.78 Å². The molecule has 2 rings (SSSR count). The first-order valence-corrected chi connectivity index (χ1v) is 6.56. The summed E-state index contributed by atoms with van der Waals surface area (Å²) in [6, 6.07) is 10.7. The maximum atomic E-state index is 13.4. The number of hydrogen-bond acceptors (Lipinski definition) is 2. The Labute approximate surface area is 114 Å². The molecule has 0 fully saturated rings. The molecule has 0 amide bonds. The lowest BCUT2D eigenvalue weighted by molar-refractivity contribution is 0.565. The Morgan fingerprint density at radius 1 is 1.16 bits per heavy atom. The molecule has 0 saturated heterocycles. The molecule has 2 nitrogen and oxygen atoms in total. The summed E-state index contributed by atoms with van der Waals surface area (Å²) in [5.74, 6) is -0.614. The van der Waals surface area contributed by atoms with Crippen molar-refractivity contribution in [2.24, 2.45) is 5.73 Å². The van der Waals surface area contributed by atoms with Crippen molar-refractivity contribution in [1.29, 1.82) is 5.41 Å². The monoisotopic (exact) mass is 278 g/mol. The van der Waals surface area contributed by atoms with E-state index < -0.39 is 11.6 Å². The number of nitrogens with one attached hydrogen (secondary N) is 1. The van der Waals surface area contributed by atoms with Gasteiger partial charge in [-0.25, -0.2) is 8.78 Å². The normalized spacial score (nSPS) is 10.4.